The Balaban J connectivity index is 1.80. The topological polar surface area (TPSA) is 85.1 Å². The van der Waals surface area contributed by atoms with Crippen LogP contribution in [0.15, 0.2) is 54.7 Å². The molecule has 2 aromatic heterocycles. The number of hydrogen-bond acceptors (Lipinski definition) is 4. The van der Waals surface area contributed by atoms with E-state index in [0.29, 0.717) is 36.8 Å². The number of unbranched alkanes of at least 4 members (excludes halogenated alkanes) is 2. The molecular formula is C25H20ClF2N3O3. The van der Waals surface area contributed by atoms with Crippen molar-refractivity contribution in [2.45, 2.75) is 25.7 Å². The van der Waals surface area contributed by atoms with Crippen LogP contribution in [0.5, 0.6) is 0 Å². The Labute approximate surface area is 198 Å². The summed E-state index contributed by atoms with van der Waals surface area (Å²) in [5.41, 5.74) is 1.54. The summed E-state index contributed by atoms with van der Waals surface area (Å²) in [4.78, 5) is 29.1. The van der Waals surface area contributed by atoms with Crippen LogP contribution in [-0.4, -0.2) is 38.4 Å². The maximum atomic E-state index is 14.8. The number of aromatic nitrogens is 3. The molecule has 6 nitrogen and oxygen atoms in total. The number of nitrogens with zero attached hydrogens (tertiary/aromatic N) is 3. The minimum absolute atomic E-state index is 0.0193. The van der Waals surface area contributed by atoms with Gasteiger partial charge in [0.1, 0.15) is 17.0 Å². The van der Waals surface area contributed by atoms with Gasteiger partial charge in [-0.25, -0.2) is 9.18 Å². The van der Waals surface area contributed by atoms with Gasteiger partial charge in [0.15, 0.2) is 0 Å². The summed E-state index contributed by atoms with van der Waals surface area (Å²) in [5.74, 6) is -2.55. The fraction of sp³-hybridized carbons (Fsp3) is 0.200. The van der Waals surface area contributed by atoms with Gasteiger partial charge in [0.25, 0.3) is 5.91 Å². The number of rotatable bonds is 8. The highest BCUT2D eigenvalue weighted by molar-refractivity contribution is 6.34. The van der Waals surface area contributed by atoms with Gasteiger partial charge in [0.2, 0.25) is 0 Å². The van der Waals surface area contributed by atoms with E-state index >= 15 is 0 Å². The van der Waals surface area contributed by atoms with E-state index in [1.165, 1.54) is 18.3 Å². The summed E-state index contributed by atoms with van der Waals surface area (Å²) < 4.78 is 28.4. The number of hydrogen-bond donors (Lipinski definition) is 1. The molecule has 2 aromatic carbocycles. The van der Waals surface area contributed by atoms with Gasteiger partial charge >= 0.3 is 5.97 Å². The highest BCUT2D eigenvalue weighted by Crippen LogP contribution is 2.31. The standard InChI is InChI=1S/C25H20ClF2N3O3/c26-18-8-4-7-15(6-2-1-3-12-27)21(18)24(32)31-20-9-5-13-29-23(20)22(30-31)17-11-10-16(25(33)34)14-19(17)28/h4-5,7-11,13-14H,1-3,6,12H2,(H,33,34). The van der Waals surface area contributed by atoms with Gasteiger partial charge in [-0.15, -0.1) is 0 Å². The molecule has 0 bridgehead atoms. The molecule has 0 radical (unpaired) electrons. The molecule has 0 amide bonds. The second kappa shape index (κ2) is 10.1. The van der Waals surface area contributed by atoms with Crippen molar-refractivity contribution in [3.63, 3.8) is 0 Å². The Morgan fingerprint density at radius 3 is 2.62 bits per heavy atom. The van der Waals surface area contributed by atoms with E-state index in [0.717, 1.165) is 10.7 Å². The molecule has 2 heterocycles. The summed E-state index contributed by atoms with van der Waals surface area (Å²) in [6.07, 6.45) is 3.86. The highest BCUT2D eigenvalue weighted by atomic mass is 35.5. The molecule has 0 aliphatic carbocycles. The number of fused-ring (bicyclic) bond motifs is 1. The first kappa shape index (κ1) is 23.5. The molecule has 174 valence electrons. The first-order valence-corrected chi connectivity index (χ1v) is 11.0. The fourth-order valence-electron chi connectivity index (χ4n) is 3.84. The number of carboxylic acids is 1. The first-order valence-electron chi connectivity index (χ1n) is 10.7. The Kier molecular flexibility index (Phi) is 6.98. The number of alkyl halides is 1. The number of halogens is 3. The summed E-state index contributed by atoms with van der Waals surface area (Å²) >= 11 is 6.41. The maximum absolute atomic E-state index is 14.8. The zero-order valence-electron chi connectivity index (χ0n) is 18.0. The number of aryl methyl sites for hydroxylation is 1. The highest BCUT2D eigenvalue weighted by Gasteiger charge is 2.24. The van der Waals surface area contributed by atoms with E-state index in [9.17, 15) is 18.4 Å². The number of carboxylic acid groups (broad SMARTS) is 1. The number of aromatic carboxylic acids is 1. The van der Waals surface area contributed by atoms with Crippen molar-refractivity contribution in [1.29, 1.82) is 0 Å². The Hall–Kier alpha value is -3.65. The van der Waals surface area contributed by atoms with Crippen LogP contribution in [0.3, 0.4) is 0 Å². The van der Waals surface area contributed by atoms with Gasteiger partial charge in [0, 0.05) is 11.8 Å². The monoisotopic (exact) mass is 483 g/mol. The minimum Gasteiger partial charge on any atom is -0.478 e. The van der Waals surface area contributed by atoms with Crippen LogP contribution >= 0.6 is 11.6 Å². The van der Waals surface area contributed by atoms with Crippen LogP contribution in [0.2, 0.25) is 5.02 Å². The third-order valence-electron chi connectivity index (χ3n) is 5.50. The second-order valence-corrected chi connectivity index (χ2v) is 8.12. The number of pyridine rings is 1. The molecule has 1 N–H and O–H groups in total. The second-order valence-electron chi connectivity index (χ2n) is 7.71. The molecule has 0 saturated carbocycles. The zero-order chi connectivity index (χ0) is 24.2. The van der Waals surface area contributed by atoms with E-state index in [-0.39, 0.29) is 39.6 Å². The SMILES string of the molecule is O=C(O)c1ccc(-c2nn(C(=O)c3c(Cl)cccc3CCCCCF)c3cccnc23)c(F)c1. The lowest BCUT2D eigenvalue weighted by atomic mass is 10.0. The van der Waals surface area contributed by atoms with Crippen LogP contribution < -0.4 is 0 Å². The maximum Gasteiger partial charge on any atom is 0.335 e. The predicted molar refractivity (Wildman–Crippen MR) is 125 cm³/mol. The number of benzene rings is 2. The van der Waals surface area contributed by atoms with Crippen LogP contribution in [-0.2, 0) is 6.42 Å². The van der Waals surface area contributed by atoms with Crippen molar-refractivity contribution in [3.8, 4) is 11.3 Å². The van der Waals surface area contributed by atoms with Crippen LogP contribution in [0.25, 0.3) is 22.3 Å². The van der Waals surface area contributed by atoms with Gasteiger partial charge in [-0.3, -0.25) is 14.2 Å². The van der Waals surface area contributed by atoms with Gasteiger partial charge < -0.3 is 5.11 Å². The number of carbonyl (C=O) groups excluding carboxylic acids is 1. The molecule has 0 atom stereocenters. The van der Waals surface area contributed by atoms with E-state index < -0.39 is 17.7 Å². The van der Waals surface area contributed by atoms with Crippen LogP contribution in [0.4, 0.5) is 8.78 Å². The molecule has 0 fully saturated rings. The van der Waals surface area contributed by atoms with Gasteiger partial charge in [-0.05, 0) is 61.2 Å². The molecule has 0 unspecified atom stereocenters. The largest absolute Gasteiger partial charge is 0.478 e. The molecule has 4 aromatic rings. The average Bonchev–Trinajstić information content (AvgIpc) is 3.21. The van der Waals surface area contributed by atoms with Gasteiger partial charge in [-0.2, -0.15) is 9.78 Å². The molecule has 34 heavy (non-hydrogen) atoms. The molecule has 0 spiro atoms. The molecule has 9 heteroatoms. The molecule has 0 aliphatic rings. The van der Waals surface area contributed by atoms with Crippen LogP contribution in [0.1, 0.15) is 45.5 Å². The normalized spacial score (nSPS) is 11.1. The third kappa shape index (κ3) is 4.54. The predicted octanol–water partition coefficient (Wildman–Crippen LogP) is 5.96. The summed E-state index contributed by atoms with van der Waals surface area (Å²) in [5, 5.41) is 13.7. The lowest BCUT2D eigenvalue weighted by molar-refractivity contribution is 0.0696. The lowest BCUT2D eigenvalue weighted by Crippen LogP contribution is -2.16. The summed E-state index contributed by atoms with van der Waals surface area (Å²) in [7, 11) is 0. The number of carbonyl (C=O) groups is 2. The smallest absolute Gasteiger partial charge is 0.335 e. The Morgan fingerprint density at radius 2 is 1.88 bits per heavy atom. The van der Waals surface area contributed by atoms with Crippen LogP contribution in [0, 0.1) is 5.82 Å². The van der Waals surface area contributed by atoms with E-state index in [4.69, 9.17) is 16.7 Å². The zero-order valence-corrected chi connectivity index (χ0v) is 18.7. The molecule has 0 aliphatic heterocycles. The van der Waals surface area contributed by atoms with Crippen molar-refractivity contribution in [2.75, 3.05) is 6.67 Å². The van der Waals surface area contributed by atoms with Gasteiger partial charge in [0.05, 0.1) is 28.3 Å². The fourth-order valence-corrected chi connectivity index (χ4v) is 4.11. The average molecular weight is 484 g/mol. The Bertz CT molecular complexity index is 1390. The van der Waals surface area contributed by atoms with E-state index in [2.05, 4.69) is 10.1 Å². The lowest BCUT2D eigenvalue weighted by Gasteiger charge is -2.11. The Morgan fingerprint density at radius 1 is 1.06 bits per heavy atom. The quantitative estimate of drug-likeness (QED) is 0.312. The van der Waals surface area contributed by atoms with Crippen molar-refractivity contribution < 1.29 is 23.5 Å². The van der Waals surface area contributed by atoms with Crippen molar-refractivity contribution in [3.05, 3.63) is 82.3 Å². The first-order chi connectivity index (χ1) is 16.4. The minimum atomic E-state index is -1.26. The van der Waals surface area contributed by atoms with Crippen molar-refractivity contribution >= 4 is 34.5 Å². The summed E-state index contributed by atoms with van der Waals surface area (Å²) in [6, 6.07) is 11.9. The van der Waals surface area contributed by atoms with Gasteiger partial charge in [-0.1, -0.05) is 30.2 Å². The summed E-state index contributed by atoms with van der Waals surface area (Å²) in [6.45, 7) is -0.389. The van der Waals surface area contributed by atoms with E-state index in [1.54, 1.807) is 30.3 Å². The van der Waals surface area contributed by atoms with E-state index in [1.807, 2.05) is 0 Å². The van der Waals surface area contributed by atoms with Crippen molar-refractivity contribution in [1.82, 2.24) is 14.8 Å². The molecular weight excluding hydrogens is 464 g/mol. The third-order valence-corrected chi connectivity index (χ3v) is 5.81. The molecule has 0 saturated heterocycles. The molecule has 4 rings (SSSR count). The van der Waals surface area contributed by atoms with Crippen molar-refractivity contribution in [2.24, 2.45) is 0 Å².